The molecule has 2 aromatic heterocycles. The van der Waals surface area contributed by atoms with Gasteiger partial charge >= 0.3 is 0 Å². The first-order valence-electron chi connectivity index (χ1n) is 20.6. The highest BCUT2D eigenvalue weighted by Gasteiger charge is 2.47. The molecule has 3 heteroatoms. The van der Waals surface area contributed by atoms with Crippen molar-refractivity contribution in [2.24, 2.45) is 0 Å². The van der Waals surface area contributed by atoms with Crippen LogP contribution in [-0.2, 0) is 5.41 Å². The van der Waals surface area contributed by atoms with Gasteiger partial charge in [-0.25, -0.2) is 0 Å². The summed E-state index contributed by atoms with van der Waals surface area (Å²) in [5.41, 5.74) is 12.0. The predicted octanol–water partition coefficient (Wildman–Crippen LogP) is 16.1. The number of thiophene rings is 1. The van der Waals surface area contributed by atoms with Crippen LogP contribution in [0.25, 0.3) is 74.8 Å². The van der Waals surface area contributed by atoms with Crippen molar-refractivity contribution in [2.45, 2.75) is 5.41 Å². The van der Waals surface area contributed by atoms with Crippen molar-refractivity contribution in [2.75, 3.05) is 4.90 Å². The molecule has 0 unspecified atom stereocenters. The summed E-state index contributed by atoms with van der Waals surface area (Å²) in [7, 11) is 0. The first-order valence-corrected chi connectivity index (χ1v) is 21.4. The van der Waals surface area contributed by atoms with Crippen LogP contribution in [0, 0.1) is 0 Å². The van der Waals surface area contributed by atoms with Gasteiger partial charge in [-0.3, -0.25) is 0 Å². The molecule has 0 saturated heterocycles. The van der Waals surface area contributed by atoms with Crippen molar-refractivity contribution in [3.8, 4) is 11.1 Å². The third-order valence-electron chi connectivity index (χ3n) is 12.9. The van der Waals surface area contributed by atoms with Crippen LogP contribution < -0.4 is 4.90 Å². The Balaban J connectivity index is 1.18. The number of hydrogen-bond donors (Lipinski definition) is 0. The zero-order chi connectivity index (χ0) is 39.4. The highest BCUT2D eigenvalue weighted by molar-refractivity contribution is 7.27. The molecule has 0 amide bonds. The molecular weight excluding hydrogens is 747 g/mol. The Kier molecular flexibility index (Phi) is 7.13. The summed E-state index contributed by atoms with van der Waals surface area (Å²) in [6.07, 6.45) is 0. The van der Waals surface area contributed by atoms with Gasteiger partial charge in [-0.1, -0.05) is 188 Å². The monoisotopic (exact) mass is 781 g/mol. The molecule has 13 rings (SSSR count). The Morgan fingerprint density at radius 1 is 0.350 bits per heavy atom. The SMILES string of the molecule is c1ccc(C2(c3ccccc3)c3ccccc3-c3c(N(c4cccc5c4oc4c6ccccc6ccc54)c4cccc5c4sc4c6ccccc6ccc54)cccc32)cc1. The summed E-state index contributed by atoms with van der Waals surface area (Å²) >= 11 is 1.89. The number of nitrogens with zero attached hydrogens (tertiary/aromatic N) is 1. The third-order valence-corrected chi connectivity index (χ3v) is 14.2. The molecule has 60 heavy (non-hydrogen) atoms. The van der Waals surface area contributed by atoms with Crippen LogP contribution in [0.2, 0.25) is 0 Å². The van der Waals surface area contributed by atoms with Gasteiger partial charge in [-0.05, 0) is 68.2 Å². The van der Waals surface area contributed by atoms with Gasteiger partial charge in [0.2, 0.25) is 0 Å². The number of benzene rings is 10. The van der Waals surface area contributed by atoms with Crippen LogP contribution in [0.5, 0.6) is 0 Å². The normalized spacial score (nSPS) is 13.1. The molecule has 12 aromatic rings. The highest BCUT2D eigenvalue weighted by Crippen LogP contribution is 2.60. The summed E-state index contributed by atoms with van der Waals surface area (Å²) in [6.45, 7) is 0. The van der Waals surface area contributed by atoms with Crippen LogP contribution >= 0.6 is 11.3 Å². The molecule has 0 bridgehead atoms. The third kappa shape index (κ3) is 4.53. The first-order chi connectivity index (χ1) is 29.8. The minimum absolute atomic E-state index is 0.539. The van der Waals surface area contributed by atoms with Crippen molar-refractivity contribution in [1.29, 1.82) is 0 Å². The van der Waals surface area contributed by atoms with E-state index >= 15 is 0 Å². The molecule has 1 aliphatic rings. The average molecular weight is 782 g/mol. The van der Waals surface area contributed by atoms with E-state index in [1.807, 2.05) is 11.3 Å². The molecule has 0 saturated carbocycles. The minimum Gasteiger partial charge on any atom is -0.453 e. The highest BCUT2D eigenvalue weighted by atomic mass is 32.1. The Labute approximate surface area is 350 Å². The molecule has 2 nitrogen and oxygen atoms in total. The van der Waals surface area contributed by atoms with E-state index in [0.29, 0.717) is 0 Å². The molecule has 0 radical (unpaired) electrons. The molecule has 0 fully saturated rings. The fourth-order valence-corrected chi connectivity index (χ4v) is 11.8. The van der Waals surface area contributed by atoms with Crippen molar-refractivity contribution in [1.82, 2.24) is 0 Å². The number of rotatable bonds is 5. The maximum atomic E-state index is 7.18. The van der Waals surface area contributed by atoms with Crippen LogP contribution in [0.15, 0.2) is 217 Å². The van der Waals surface area contributed by atoms with E-state index in [2.05, 4.69) is 217 Å². The van der Waals surface area contributed by atoms with E-state index in [4.69, 9.17) is 4.42 Å². The second-order valence-electron chi connectivity index (χ2n) is 15.9. The molecule has 0 atom stereocenters. The number of para-hydroxylation sites is 1. The standard InChI is InChI=1S/C57H35NOS/c1-3-18-38(19-4-1)57(39-20-5-2-6-21-39)47-27-12-11-24-46(47)52-48(57)28-15-29-49(52)58(50-30-13-25-42-43-34-32-36-16-7-9-22-40(36)53(43)59-54(42)50)51-31-14-26-44-45-35-33-37-17-8-10-23-41(37)55(45)60-56(44)51/h1-35H. The lowest BCUT2D eigenvalue weighted by Crippen LogP contribution is -2.28. The molecule has 280 valence electrons. The van der Waals surface area contributed by atoms with Gasteiger partial charge in [-0.15, -0.1) is 11.3 Å². The van der Waals surface area contributed by atoms with Crippen LogP contribution in [0.3, 0.4) is 0 Å². The van der Waals surface area contributed by atoms with Gasteiger partial charge in [-0.2, -0.15) is 0 Å². The van der Waals surface area contributed by atoms with Gasteiger partial charge in [0.25, 0.3) is 0 Å². The minimum atomic E-state index is -0.539. The molecular formula is C57H35NOS. The van der Waals surface area contributed by atoms with E-state index in [1.165, 1.54) is 69.7 Å². The Morgan fingerprint density at radius 3 is 1.67 bits per heavy atom. The van der Waals surface area contributed by atoms with Gasteiger partial charge in [0.1, 0.15) is 5.58 Å². The number of hydrogen-bond acceptors (Lipinski definition) is 3. The van der Waals surface area contributed by atoms with Crippen molar-refractivity contribution in [3.05, 3.63) is 235 Å². The van der Waals surface area contributed by atoms with Gasteiger partial charge in [0, 0.05) is 37.2 Å². The largest absolute Gasteiger partial charge is 0.453 e. The second kappa shape index (κ2) is 12.8. The fraction of sp³-hybridized carbons (Fsp3) is 0.0175. The lowest BCUT2D eigenvalue weighted by molar-refractivity contribution is 0.673. The molecule has 0 N–H and O–H groups in total. The Hall–Kier alpha value is -7.46. The summed E-state index contributed by atoms with van der Waals surface area (Å²) in [4.78, 5) is 2.51. The average Bonchev–Trinajstić information content (AvgIpc) is 4.00. The fourth-order valence-electron chi connectivity index (χ4n) is 10.4. The van der Waals surface area contributed by atoms with E-state index in [9.17, 15) is 0 Å². The number of furan rings is 1. The smallest absolute Gasteiger partial charge is 0.159 e. The van der Waals surface area contributed by atoms with Gasteiger partial charge in [0.05, 0.1) is 27.2 Å². The zero-order valence-electron chi connectivity index (χ0n) is 32.5. The van der Waals surface area contributed by atoms with E-state index in [1.54, 1.807) is 0 Å². The Bertz CT molecular complexity index is 3480. The summed E-state index contributed by atoms with van der Waals surface area (Å²) in [5, 5.41) is 9.57. The van der Waals surface area contributed by atoms with Gasteiger partial charge < -0.3 is 9.32 Å². The van der Waals surface area contributed by atoms with Crippen LogP contribution in [0.1, 0.15) is 22.3 Å². The van der Waals surface area contributed by atoms with Gasteiger partial charge in [0.15, 0.2) is 5.58 Å². The van der Waals surface area contributed by atoms with E-state index in [0.717, 1.165) is 44.4 Å². The zero-order valence-corrected chi connectivity index (χ0v) is 33.3. The summed E-state index contributed by atoms with van der Waals surface area (Å²) in [5.74, 6) is 0. The van der Waals surface area contributed by atoms with Crippen LogP contribution in [-0.4, -0.2) is 0 Å². The maximum Gasteiger partial charge on any atom is 0.159 e. The second-order valence-corrected chi connectivity index (χ2v) is 16.9. The van der Waals surface area contributed by atoms with E-state index < -0.39 is 5.41 Å². The van der Waals surface area contributed by atoms with Crippen molar-refractivity contribution < 1.29 is 4.42 Å². The molecule has 0 aliphatic heterocycles. The molecule has 10 aromatic carbocycles. The summed E-state index contributed by atoms with van der Waals surface area (Å²) < 4.78 is 9.72. The lowest BCUT2D eigenvalue weighted by Gasteiger charge is -2.34. The first kappa shape index (κ1) is 33.5. The lowest BCUT2D eigenvalue weighted by atomic mass is 9.68. The van der Waals surface area contributed by atoms with Crippen molar-refractivity contribution in [3.63, 3.8) is 0 Å². The maximum absolute atomic E-state index is 7.18. The summed E-state index contributed by atoms with van der Waals surface area (Å²) in [6, 6.07) is 77.9. The quantitative estimate of drug-likeness (QED) is 0.173. The number of fused-ring (bicyclic) bond motifs is 13. The Morgan fingerprint density at radius 2 is 0.883 bits per heavy atom. The number of anilines is 3. The van der Waals surface area contributed by atoms with Crippen LogP contribution in [0.4, 0.5) is 17.1 Å². The molecule has 1 aliphatic carbocycles. The molecule has 0 spiro atoms. The van der Waals surface area contributed by atoms with Crippen molar-refractivity contribution >= 4 is 92.1 Å². The molecule has 2 heterocycles. The predicted molar refractivity (Wildman–Crippen MR) is 254 cm³/mol. The topological polar surface area (TPSA) is 16.4 Å². The van der Waals surface area contributed by atoms with E-state index in [-0.39, 0.29) is 0 Å².